The van der Waals surface area contributed by atoms with Crippen molar-refractivity contribution in [2.75, 3.05) is 0 Å². The molecule has 5 nitrogen and oxygen atoms in total. The van der Waals surface area contributed by atoms with Crippen LogP contribution in [0.15, 0.2) is 36.4 Å². The highest BCUT2D eigenvalue weighted by Gasteiger charge is 2.26. The number of rotatable bonds is 6. The number of pyridine rings is 1. The van der Waals surface area contributed by atoms with E-state index in [1.54, 1.807) is 4.68 Å². The number of fused-ring (bicyclic) bond motifs is 1. The van der Waals surface area contributed by atoms with Crippen molar-refractivity contribution in [1.82, 2.24) is 19.7 Å². The summed E-state index contributed by atoms with van der Waals surface area (Å²) in [7, 11) is 1.89. The molecule has 0 fully saturated rings. The van der Waals surface area contributed by atoms with E-state index in [0.717, 1.165) is 34.4 Å². The molecule has 0 radical (unpaired) electrons. The van der Waals surface area contributed by atoms with Crippen molar-refractivity contribution in [1.29, 1.82) is 0 Å². The first-order valence-electron chi connectivity index (χ1n) is 10.0. The standard InChI is InChI=1S/C23H30N4O/c1-7-16(4)27(14-18-11-9-8-10-12-18)23(28)19-13-20(15(2)3)24-22-21(19)17(5)25-26(22)6/h8-13,15-16H,7,14H2,1-6H3. The van der Waals surface area contributed by atoms with Gasteiger partial charge in [-0.15, -0.1) is 0 Å². The molecule has 3 rings (SSSR count). The Morgan fingerprint density at radius 3 is 2.46 bits per heavy atom. The molecule has 0 aliphatic heterocycles. The van der Waals surface area contributed by atoms with Crippen molar-refractivity contribution in [3.63, 3.8) is 0 Å². The highest BCUT2D eigenvalue weighted by molar-refractivity contribution is 6.06. The van der Waals surface area contributed by atoms with Crippen LogP contribution in [0.3, 0.4) is 0 Å². The fourth-order valence-corrected chi connectivity index (χ4v) is 3.51. The Labute approximate surface area is 167 Å². The second-order valence-corrected chi connectivity index (χ2v) is 7.83. The summed E-state index contributed by atoms with van der Waals surface area (Å²) in [4.78, 5) is 20.5. The molecule has 5 heteroatoms. The molecule has 1 atom stereocenters. The Hall–Kier alpha value is -2.69. The molecule has 0 bridgehead atoms. The van der Waals surface area contributed by atoms with Crippen LogP contribution < -0.4 is 0 Å². The molecule has 1 unspecified atom stereocenters. The van der Waals surface area contributed by atoms with Crippen LogP contribution in [0.25, 0.3) is 11.0 Å². The average molecular weight is 379 g/mol. The molecule has 0 aliphatic carbocycles. The average Bonchev–Trinajstić information content (AvgIpc) is 2.99. The lowest BCUT2D eigenvalue weighted by Gasteiger charge is -2.29. The van der Waals surface area contributed by atoms with E-state index in [9.17, 15) is 4.79 Å². The van der Waals surface area contributed by atoms with E-state index >= 15 is 0 Å². The van der Waals surface area contributed by atoms with Gasteiger partial charge in [-0.25, -0.2) is 4.98 Å². The number of aryl methyl sites for hydroxylation is 2. The largest absolute Gasteiger partial charge is 0.332 e. The number of nitrogens with zero attached hydrogens (tertiary/aromatic N) is 4. The summed E-state index contributed by atoms with van der Waals surface area (Å²) in [6.07, 6.45) is 0.899. The number of amides is 1. The highest BCUT2D eigenvalue weighted by Crippen LogP contribution is 2.27. The molecule has 0 saturated carbocycles. The molecule has 28 heavy (non-hydrogen) atoms. The van der Waals surface area contributed by atoms with E-state index in [-0.39, 0.29) is 17.9 Å². The molecule has 0 N–H and O–H groups in total. The number of carbonyl (C=O) groups excluding carboxylic acids is 1. The minimum absolute atomic E-state index is 0.0450. The van der Waals surface area contributed by atoms with Gasteiger partial charge in [0, 0.05) is 25.3 Å². The zero-order chi connectivity index (χ0) is 20.4. The number of hydrogen-bond donors (Lipinski definition) is 0. The Morgan fingerprint density at radius 2 is 1.86 bits per heavy atom. The van der Waals surface area contributed by atoms with Crippen molar-refractivity contribution < 1.29 is 4.79 Å². The Balaban J connectivity index is 2.13. The van der Waals surface area contributed by atoms with Crippen LogP contribution in [0.4, 0.5) is 0 Å². The normalized spacial score (nSPS) is 12.5. The smallest absolute Gasteiger partial charge is 0.255 e. The van der Waals surface area contributed by atoms with Gasteiger partial charge in [-0.1, -0.05) is 51.1 Å². The van der Waals surface area contributed by atoms with E-state index in [1.165, 1.54) is 0 Å². The number of carbonyl (C=O) groups is 1. The Bertz CT molecular complexity index is 975. The van der Waals surface area contributed by atoms with Crippen LogP contribution >= 0.6 is 0 Å². The monoisotopic (exact) mass is 378 g/mol. The third-order valence-electron chi connectivity index (χ3n) is 5.39. The first kappa shape index (κ1) is 20.1. The summed E-state index contributed by atoms with van der Waals surface area (Å²) in [5.74, 6) is 0.279. The van der Waals surface area contributed by atoms with Gasteiger partial charge in [0.25, 0.3) is 5.91 Å². The summed E-state index contributed by atoms with van der Waals surface area (Å²) >= 11 is 0. The topological polar surface area (TPSA) is 51.0 Å². The van der Waals surface area contributed by atoms with Gasteiger partial charge in [0.15, 0.2) is 5.65 Å². The van der Waals surface area contributed by atoms with E-state index in [2.05, 4.69) is 44.9 Å². The predicted molar refractivity (Wildman–Crippen MR) is 113 cm³/mol. The quantitative estimate of drug-likeness (QED) is 0.617. The van der Waals surface area contributed by atoms with Crippen molar-refractivity contribution >= 4 is 16.9 Å². The molecule has 3 aromatic rings. The van der Waals surface area contributed by atoms with Gasteiger partial charge in [-0.2, -0.15) is 5.10 Å². The van der Waals surface area contributed by atoms with Crippen molar-refractivity contribution in [3.8, 4) is 0 Å². The van der Waals surface area contributed by atoms with Crippen molar-refractivity contribution in [2.45, 2.75) is 59.5 Å². The maximum Gasteiger partial charge on any atom is 0.255 e. The van der Waals surface area contributed by atoms with Gasteiger partial charge in [-0.3, -0.25) is 9.48 Å². The molecule has 0 saturated heterocycles. The first-order chi connectivity index (χ1) is 13.3. The fourth-order valence-electron chi connectivity index (χ4n) is 3.51. The lowest BCUT2D eigenvalue weighted by atomic mass is 10.0. The fraction of sp³-hybridized carbons (Fsp3) is 0.435. The van der Waals surface area contributed by atoms with Crippen LogP contribution in [-0.2, 0) is 13.6 Å². The van der Waals surface area contributed by atoms with E-state index in [0.29, 0.717) is 12.1 Å². The van der Waals surface area contributed by atoms with Gasteiger partial charge in [-0.05, 0) is 37.8 Å². The van der Waals surface area contributed by atoms with E-state index in [1.807, 2.05) is 43.1 Å². The maximum atomic E-state index is 13.8. The molecule has 2 aromatic heterocycles. The highest BCUT2D eigenvalue weighted by atomic mass is 16.2. The summed E-state index contributed by atoms with van der Waals surface area (Å²) < 4.78 is 1.78. The lowest BCUT2D eigenvalue weighted by molar-refractivity contribution is 0.0673. The summed E-state index contributed by atoms with van der Waals surface area (Å²) in [5.41, 5.74) is 4.37. The third-order valence-corrected chi connectivity index (χ3v) is 5.39. The summed E-state index contributed by atoms with van der Waals surface area (Å²) in [6, 6.07) is 12.3. The Kier molecular flexibility index (Phi) is 5.82. The number of benzene rings is 1. The molecule has 0 spiro atoms. The number of aromatic nitrogens is 3. The van der Waals surface area contributed by atoms with Crippen LogP contribution in [0, 0.1) is 6.92 Å². The zero-order valence-electron chi connectivity index (χ0n) is 17.7. The van der Waals surface area contributed by atoms with Gasteiger partial charge < -0.3 is 4.90 Å². The van der Waals surface area contributed by atoms with Crippen LogP contribution in [0.1, 0.15) is 67.3 Å². The second-order valence-electron chi connectivity index (χ2n) is 7.83. The van der Waals surface area contributed by atoms with Gasteiger partial charge in [0.05, 0.1) is 16.6 Å². The molecule has 2 heterocycles. The van der Waals surface area contributed by atoms with Crippen LogP contribution in [0.5, 0.6) is 0 Å². The zero-order valence-corrected chi connectivity index (χ0v) is 17.7. The molecule has 1 aromatic carbocycles. The van der Waals surface area contributed by atoms with E-state index in [4.69, 9.17) is 4.98 Å². The SMILES string of the molecule is CCC(C)N(Cc1ccccc1)C(=O)c1cc(C(C)C)nc2c1c(C)nn2C. The van der Waals surface area contributed by atoms with Crippen molar-refractivity contribution in [2.24, 2.45) is 7.05 Å². The van der Waals surface area contributed by atoms with Crippen LogP contribution in [0.2, 0.25) is 0 Å². The predicted octanol–water partition coefficient (Wildman–Crippen LogP) is 4.84. The van der Waals surface area contributed by atoms with Crippen LogP contribution in [-0.4, -0.2) is 31.6 Å². The molecule has 148 valence electrons. The van der Waals surface area contributed by atoms with Gasteiger partial charge in [0.2, 0.25) is 0 Å². The number of hydrogen-bond acceptors (Lipinski definition) is 3. The molecular weight excluding hydrogens is 348 g/mol. The minimum atomic E-state index is 0.0450. The molecule has 1 amide bonds. The minimum Gasteiger partial charge on any atom is -0.332 e. The molecule has 0 aliphatic rings. The maximum absolute atomic E-state index is 13.8. The van der Waals surface area contributed by atoms with E-state index < -0.39 is 0 Å². The first-order valence-corrected chi connectivity index (χ1v) is 10.0. The van der Waals surface area contributed by atoms with Gasteiger partial charge >= 0.3 is 0 Å². The Morgan fingerprint density at radius 1 is 1.18 bits per heavy atom. The summed E-state index contributed by atoms with van der Waals surface area (Å²) in [6.45, 7) is 11.0. The second kappa shape index (κ2) is 8.13. The third kappa shape index (κ3) is 3.79. The summed E-state index contributed by atoms with van der Waals surface area (Å²) in [5, 5.41) is 5.38. The van der Waals surface area contributed by atoms with Gasteiger partial charge in [0.1, 0.15) is 0 Å². The molecular formula is C23H30N4O. The lowest BCUT2D eigenvalue weighted by Crippen LogP contribution is -2.38. The van der Waals surface area contributed by atoms with Crippen molar-refractivity contribution in [3.05, 3.63) is 58.9 Å².